The van der Waals surface area contributed by atoms with E-state index in [4.69, 9.17) is 4.74 Å². The van der Waals surface area contributed by atoms with E-state index in [1.54, 1.807) is 0 Å². The summed E-state index contributed by atoms with van der Waals surface area (Å²) in [7, 11) is 0. The van der Waals surface area contributed by atoms with Crippen LogP contribution in [0.5, 0.6) is 0 Å². The van der Waals surface area contributed by atoms with Crippen molar-refractivity contribution in [1.82, 2.24) is 10.2 Å². The number of nitrogens with one attached hydrogen (secondary N) is 1. The van der Waals surface area contributed by atoms with Crippen LogP contribution in [0.2, 0.25) is 0 Å². The Morgan fingerprint density at radius 3 is 2.52 bits per heavy atom. The van der Waals surface area contributed by atoms with Crippen molar-refractivity contribution in [3.63, 3.8) is 0 Å². The lowest BCUT2D eigenvalue weighted by Crippen LogP contribution is -2.49. The van der Waals surface area contributed by atoms with Crippen molar-refractivity contribution in [2.75, 3.05) is 26.3 Å². The van der Waals surface area contributed by atoms with E-state index in [0.717, 1.165) is 6.42 Å². The van der Waals surface area contributed by atoms with Gasteiger partial charge in [-0.15, -0.1) is 0 Å². The van der Waals surface area contributed by atoms with Crippen LogP contribution in [-0.2, 0) is 14.3 Å². The third-order valence-electron chi connectivity index (χ3n) is 4.08. The van der Waals surface area contributed by atoms with E-state index in [9.17, 15) is 14.7 Å². The quantitative estimate of drug-likeness (QED) is 0.698. The summed E-state index contributed by atoms with van der Waals surface area (Å²) in [4.78, 5) is 25.3. The minimum Gasteiger partial charge on any atom is -0.481 e. The van der Waals surface area contributed by atoms with Gasteiger partial charge in [0.2, 0.25) is 5.91 Å². The van der Waals surface area contributed by atoms with Gasteiger partial charge in [0.1, 0.15) is 0 Å². The highest BCUT2D eigenvalue weighted by Crippen LogP contribution is 2.20. The lowest BCUT2D eigenvalue weighted by Gasteiger charge is -2.30. The standard InChI is InChI=1S/C15H28N2O4/c1-5-6-17(7-14(18)16-11(4)10(2)3)13-9-21-8-12(13)15(19)20/h10-13H,5-9H2,1-4H3,(H,16,18)(H,19,20). The summed E-state index contributed by atoms with van der Waals surface area (Å²) in [5, 5.41) is 12.2. The highest BCUT2D eigenvalue weighted by molar-refractivity contribution is 5.78. The van der Waals surface area contributed by atoms with Crippen LogP contribution in [0.3, 0.4) is 0 Å². The number of hydrogen-bond acceptors (Lipinski definition) is 4. The first kappa shape index (κ1) is 17.9. The highest BCUT2D eigenvalue weighted by Gasteiger charge is 2.38. The molecule has 3 unspecified atom stereocenters. The van der Waals surface area contributed by atoms with E-state index in [-0.39, 0.29) is 31.1 Å². The van der Waals surface area contributed by atoms with Crippen LogP contribution in [0.4, 0.5) is 0 Å². The number of nitrogens with zero attached hydrogens (tertiary/aromatic N) is 1. The molecular formula is C15H28N2O4. The molecule has 6 heteroatoms. The normalized spacial score (nSPS) is 23.5. The summed E-state index contributed by atoms with van der Waals surface area (Å²) in [6, 6.07) is -0.112. The molecule has 122 valence electrons. The number of amides is 1. The van der Waals surface area contributed by atoms with Crippen molar-refractivity contribution < 1.29 is 19.4 Å². The molecule has 1 heterocycles. The second kappa shape index (κ2) is 8.34. The highest BCUT2D eigenvalue weighted by atomic mass is 16.5. The van der Waals surface area contributed by atoms with Crippen LogP contribution in [0.25, 0.3) is 0 Å². The Balaban J connectivity index is 2.64. The van der Waals surface area contributed by atoms with Crippen molar-refractivity contribution in [2.45, 2.75) is 46.2 Å². The Labute approximate surface area is 126 Å². The van der Waals surface area contributed by atoms with E-state index in [1.807, 2.05) is 18.7 Å². The Morgan fingerprint density at radius 2 is 2.00 bits per heavy atom. The lowest BCUT2D eigenvalue weighted by atomic mass is 10.0. The predicted octanol–water partition coefficient (Wildman–Crippen LogP) is 0.959. The first-order chi connectivity index (χ1) is 9.86. The average molecular weight is 300 g/mol. The van der Waals surface area contributed by atoms with Gasteiger partial charge in [-0.3, -0.25) is 14.5 Å². The van der Waals surface area contributed by atoms with E-state index in [1.165, 1.54) is 0 Å². The van der Waals surface area contributed by atoms with Gasteiger partial charge in [-0.1, -0.05) is 20.8 Å². The van der Waals surface area contributed by atoms with Gasteiger partial charge in [0.25, 0.3) is 0 Å². The van der Waals surface area contributed by atoms with Gasteiger partial charge in [0.05, 0.1) is 25.7 Å². The number of carbonyl (C=O) groups excluding carboxylic acids is 1. The molecule has 1 saturated heterocycles. The molecule has 21 heavy (non-hydrogen) atoms. The first-order valence-electron chi connectivity index (χ1n) is 7.70. The lowest BCUT2D eigenvalue weighted by molar-refractivity contribution is -0.143. The van der Waals surface area contributed by atoms with Gasteiger partial charge in [-0.2, -0.15) is 0 Å². The molecule has 1 aliphatic rings. The minimum absolute atomic E-state index is 0.0549. The number of ether oxygens (including phenoxy) is 1. The summed E-state index contributed by atoms with van der Waals surface area (Å²) >= 11 is 0. The number of rotatable bonds is 8. The molecule has 2 N–H and O–H groups in total. The van der Waals surface area contributed by atoms with Crippen molar-refractivity contribution in [2.24, 2.45) is 11.8 Å². The van der Waals surface area contributed by atoms with Gasteiger partial charge in [0.15, 0.2) is 0 Å². The zero-order valence-electron chi connectivity index (χ0n) is 13.5. The maximum atomic E-state index is 12.1. The fourth-order valence-electron chi connectivity index (χ4n) is 2.44. The zero-order valence-corrected chi connectivity index (χ0v) is 13.5. The smallest absolute Gasteiger partial charge is 0.310 e. The maximum absolute atomic E-state index is 12.1. The summed E-state index contributed by atoms with van der Waals surface area (Å²) in [5.41, 5.74) is 0. The number of carbonyl (C=O) groups is 2. The maximum Gasteiger partial charge on any atom is 0.310 e. The monoisotopic (exact) mass is 300 g/mol. The van der Waals surface area contributed by atoms with Crippen LogP contribution < -0.4 is 5.32 Å². The first-order valence-corrected chi connectivity index (χ1v) is 7.70. The molecule has 0 spiro atoms. The zero-order chi connectivity index (χ0) is 16.0. The third kappa shape index (κ3) is 5.28. The molecule has 0 aromatic heterocycles. The van der Waals surface area contributed by atoms with E-state index >= 15 is 0 Å². The molecule has 1 amide bonds. The van der Waals surface area contributed by atoms with Crippen LogP contribution in [0, 0.1) is 11.8 Å². The molecule has 3 atom stereocenters. The summed E-state index contributed by atoms with van der Waals surface area (Å²) in [6.45, 7) is 9.64. The molecule has 1 aliphatic heterocycles. The van der Waals surface area contributed by atoms with E-state index in [2.05, 4.69) is 19.2 Å². The number of aliphatic carboxylic acids is 1. The van der Waals surface area contributed by atoms with Gasteiger partial charge in [0, 0.05) is 12.1 Å². The molecule has 0 aromatic rings. The largest absolute Gasteiger partial charge is 0.481 e. The van der Waals surface area contributed by atoms with E-state index < -0.39 is 11.9 Å². The van der Waals surface area contributed by atoms with Crippen molar-refractivity contribution in [1.29, 1.82) is 0 Å². The van der Waals surface area contributed by atoms with Gasteiger partial charge < -0.3 is 15.2 Å². The summed E-state index contributed by atoms with van der Waals surface area (Å²) in [5.74, 6) is -1.09. The molecule has 0 aromatic carbocycles. The Kier molecular flexibility index (Phi) is 7.11. The molecule has 1 fully saturated rings. The van der Waals surface area contributed by atoms with Crippen molar-refractivity contribution in [3.05, 3.63) is 0 Å². The Hall–Kier alpha value is -1.14. The molecule has 0 saturated carbocycles. The number of hydrogen-bond donors (Lipinski definition) is 2. The van der Waals surface area contributed by atoms with Crippen molar-refractivity contribution in [3.8, 4) is 0 Å². The minimum atomic E-state index is -0.852. The van der Waals surface area contributed by atoms with Gasteiger partial charge in [-0.25, -0.2) is 0 Å². The topological polar surface area (TPSA) is 78.9 Å². The van der Waals surface area contributed by atoms with Crippen LogP contribution >= 0.6 is 0 Å². The molecule has 0 radical (unpaired) electrons. The van der Waals surface area contributed by atoms with Gasteiger partial charge in [-0.05, 0) is 25.8 Å². The Morgan fingerprint density at radius 1 is 1.33 bits per heavy atom. The van der Waals surface area contributed by atoms with Crippen LogP contribution in [0.15, 0.2) is 0 Å². The second-order valence-electron chi connectivity index (χ2n) is 6.12. The molecular weight excluding hydrogens is 272 g/mol. The SMILES string of the molecule is CCCN(CC(=O)NC(C)C(C)C)C1COCC1C(=O)O. The Bertz CT molecular complexity index is 360. The molecule has 0 aliphatic carbocycles. The predicted molar refractivity (Wildman–Crippen MR) is 80.0 cm³/mol. The fourth-order valence-corrected chi connectivity index (χ4v) is 2.44. The van der Waals surface area contributed by atoms with Gasteiger partial charge >= 0.3 is 5.97 Å². The second-order valence-corrected chi connectivity index (χ2v) is 6.12. The van der Waals surface area contributed by atoms with Crippen LogP contribution in [0.1, 0.15) is 34.1 Å². The average Bonchev–Trinajstić information content (AvgIpc) is 2.87. The molecule has 6 nitrogen and oxygen atoms in total. The van der Waals surface area contributed by atoms with Crippen LogP contribution in [-0.4, -0.2) is 60.3 Å². The third-order valence-corrected chi connectivity index (χ3v) is 4.08. The summed E-state index contributed by atoms with van der Waals surface area (Å²) in [6.07, 6.45) is 0.871. The number of carboxylic acid groups (broad SMARTS) is 1. The molecule has 0 bridgehead atoms. The van der Waals surface area contributed by atoms with Crippen molar-refractivity contribution >= 4 is 11.9 Å². The summed E-state index contributed by atoms with van der Waals surface area (Å²) < 4.78 is 5.31. The van der Waals surface area contributed by atoms with E-state index in [0.29, 0.717) is 19.1 Å². The fraction of sp³-hybridized carbons (Fsp3) is 0.867. The number of carboxylic acids is 1. The molecule has 1 rings (SSSR count).